The topological polar surface area (TPSA) is 52.6 Å². The molecule has 20 heavy (non-hydrogen) atoms. The molecule has 0 heterocycles. The van der Waals surface area contributed by atoms with Crippen molar-refractivity contribution in [2.24, 2.45) is 0 Å². The summed E-state index contributed by atoms with van der Waals surface area (Å²) in [5, 5.41) is 0. The maximum atomic E-state index is 11.9. The fourth-order valence-electron chi connectivity index (χ4n) is 1.51. The third-order valence-electron chi connectivity index (χ3n) is 2.43. The van der Waals surface area contributed by atoms with Gasteiger partial charge in [0.05, 0.1) is 25.3 Å². The molecule has 0 aliphatic heterocycles. The van der Waals surface area contributed by atoms with Crippen LogP contribution in [0, 0.1) is 11.5 Å². The predicted octanol–water partition coefficient (Wildman–Crippen LogP) is 2.49. The zero-order valence-electron chi connectivity index (χ0n) is 12.4. The molecule has 4 nitrogen and oxygen atoms in total. The van der Waals surface area contributed by atoms with Gasteiger partial charge < -0.3 is 9.47 Å². The van der Waals surface area contributed by atoms with Crippen LogP contribution in [0.1, 0.15) is 26.3 Å². The third kappa shape index (κ3) is 3.97. The van der Waals surface area contributed by atoms with E-state index in [9.17, 15) is 9.59 Å². The second-order valence-electron chi connectivity index (χ2n) is 5.21. The molecule has 106 valence electrons. The molecule has 0 aliphatic carbocycles. The fourth-order valence-corrected chi connectivity index (χ4v) is 2.02. The summed E-state index contributed by atoms with van der Waals surface area (Å²) < 4.78 is 9.43. The number of hydrogen-bond donors (Lipinski definition) is 0. The molecule has 1 aromatic rings. The van der Waals surface area contributed by atoms with Crippen molar-refractivity contribution in [3.05, 3.63) is 34.9 Å². The standard InChI is InChI=1S/C15H18O4Si/c1-18-14(16)12-8-6-7-11(9-10-20(3,4)5)13(12)15(17)19-2/h6-8H,1-5H3. The molecule has 1 rings (SSSR count). The van der Waals surface area contributed by atoms with E-state index in [0.29, 0.717) is 5.56 Å². The minimum absolute atomic E-state index is 0.160. The Morgan fingerprint density at radius 2 is 1.65 bits per heavy atom. The number of rotatable bonds is 2. The highest BCUT2D eigenvalue weighted by atomic mass is 28.3. The largest absolute Gasteiger partial charge is 0.465 e. The highest BCUT2D eigenvalue weighted by molar-refractivity contribution is 6.83. The summed E-state index contributed by atoms with van der Waals surface area (Å²) in [6.45, 7) is 6.30. The quantitative estimate of drug-likeness (QED) is 0.477. The van der Waals surface area contributed by atoms with Gasteiger partial charge in [-0.25, -0.2) is 9.59 Å². The molecule has 0 saturated heterocycles. The number of carbonyl (C=O) groups excluding carboxylic acids is 2. The number of carbonyl (C=O) groups is 2. The highest BCUT2D eigenvalue weighted by Gasteiger charge is 2.21. The average molecular weight is 290 g/mol. The normalized spacial score (nSPS) is 10.2. The molecule has 0 spiro atoms. The molecule has 0 unspecified atom stereocenters. The first-order valence-corrected chi connectivity index (χ1v) is 9.63. The van der Waals surface area contributed by atoms with Crippen LogP contribution in [0.15, 0.2) is 18.2 Å². The molecule has 5 heteroatoms. The van der Waals surface area contributed by atoms with Crippen LogP contribution in [0.5, 0.6) is 0 Å². The van der Waals surface area contributed by atoms with Gasteiger partial charge in [-0.1, -0.05) is 31.6 Å². The predicted molar refractivity (Wildman–Crippen MR) is 79.3 cm³/mol. The van der Waals surface area contributed by atoms with Crippen molar-refractivity contribution in [2.75, 3.05) is 14.2 Å². The lowest BCUT2D eigenvalue weighted by Crippen LogP contribution is -2.17. The van der Waals surface area contributed by atoms with Gasteiger partial charge in [0, 0.05) is 5.56 Å². The van der Waals surface area contributed by atoms with Gasteiger partial charge in [-0.05, 0) is 12.1 Å². The monoisotopic (exact) mass is 290 g/mol. The SMILES string of the molecule is COC(=O)c1cccc(C#C[Si](C)(C)C)c1C(=O)OC. The second kappa shape index (κ2) is 6.39. The number of ether oxygens (including phenoxy) is 2. The Morgan fingerprint density at radius 1 is 1.05 bits per heavy atom. The van der Waals surface area contributed by atoms with Crippen molar-refractivity contribution in [1.29, 1.82) is 0 Å². The first-order chi connectivity index (χ1) is 9.30. The van der Waals surface area contributed by atoms with Gasteiger partial charge in [0.2, 0.25) is 0 Å². The first-order valence-electron chi connectivity index (χ1n) is 6.13. The third-order valence-corrected chi connectivity index (χ3v) is 3.31. The van der Waals surface area contributed by atoms with Crippen molar-refractivity contribution >= 4 is 20.0 Å². The average Bonchev–Trinajstić information content (AvgIpc) is 2.42. The van der Waals surface area contributed by atoms with Crippen LogP contribution >= 0.6 is 0 Å². The Morgan fingerprint density at radius 3 is 2.15 bits per heavy atom. The molecule has 0 saturated carbocycles. The minimum Gasteiger partial charge on any atom is -0.465 e. The molecule has 0 N–H and O–H groups in total. The van der Waals surface area contributed by atoms with Crippen molar-refractivity contribution < 1.29 is 19.1 Å². The second-order valence-corrected chi connectivity index (χ2v) is 9.96. The van der Waals surface area contributed by atoms with Crippen LogP contribution in [0.3, 0.4) is 0 Å². The van der Waals surface area contributed by atoms with Gasteiger partial charge in [0.1, 0.15) is 8.07 Å². The van der Waals surface area contributed by atoms with Gasteiger partial charge in [-0.3, -0.25) is 0 Å². The van der Waals surface area contributed by atoms with Crippen molar-refractivity contribution in [2.45, 2.75) is 19.6 Å². The molecular weight excluding hydrogens is 272 g/mol. The summed E-state index contributed by atoms with van der Waals surface area (Å²) in [4.78, 5) is 23.7. The van der Waals surface area contributed by atoms with E-state index in [1.165, 1.54) is 20.3 Å². The minimum atomic E-state index is -1.59. The Hall–Kier alpha value is -2.06. The van der Waals surface area contributed by atoms with E-state index in [-0.39, 0.29) is 11.1 Å². The molecule has 0 radical (unpaired) electrons. The van der Waals surface area contributed by atoms with Crippen LogP contribution in [0.25, 0.3) is 0 Å². The van der Waals surface area contributed by atoms with E-state index in [0.717, 1.165) is 0 Å². The number of methoxy groups -OCH3 is 2. The Kier molecular flexibility index (Phi) is 5.11. The summed E-state index contributed by atoms with van der Waals surface area (Å²) in [6, 6.07) is 4.90. The summed E-state index contributed by atoms with van der Waals surface area (Å²) in [5.74, 6) is 1.82. The zero-order valence-corrected chi connectivity index (χ0v) is 13.4. The molecule has 0 aliphatic rings. The van der Waals surface area contributed by atoms with Crippen molar-refractivity contribution in [1.82, 2.24) is 0 Å². The summed E-state index contributed by atoms with van der Waals surface area (Å²) >= 11 is 0. The molecule has 0 aromatic heterocycles. The molecule has 0 atom stereocenters. The Labute approximate surface area is 120 Å². The van der Waals surface area contributed by atoms with E-state index in [4.69, 9.17) is 4.74 Å². The summed E-state index contributed by atoms with van der Waals surface area (Å²) in [7, 11) is 0.947. The molecule has 0 amide bonds. The van der Waals surface area contributed by atoms with Crippen LogP contribution in [0.2, 0.25) is 19.6 Å². The van der Waals surface area contributed by atoms with Crippen LogP contribution in [0.4, 0.5) is 0 Å². The van der Waals surface area contributed by atoms with Gasteiger partial charge in [0.15, 0.2) is 0 Å². The van der Waals surface area contributed by atoms with Crippen LogP contribution in [-0.4, -0.2) is 34.2 Å². The number of hydrogen-bond acceptors (Lipinski definition) is 4. The molecule has 0 fully saturated rings. The Bertz CT molecular complexity index is 588. The zero-order chi connectivity index (χ0) is 15.3. The van der Waals surface area contributed by atoms with E-state index in [1.807, 2.05) is 0 Å². The summed E-state index contributed by atoms with van der Waals surface area (Å²) in [5.41, 5.74) is 3.99. The Balaban J connectivity index is 3.48. The fraction of sp³-hybridized carbons (Fsp3) is 0.333. The summed E-state index contributed by atoms with van der Waals surface area (Å²) in [6.07, 6.45) is 0. The van der Waals surface area contributed by atoms with Gasteiger partial charge >= 0.3 is 11.9 Å². The first kappa shape index (κ1) is 16.0. The maximum Gasteiger partial charge on any atom is 0.340 e. The van der Waals surface area contributed by atoms with Crippen LogP contribution < -0.4 is 0 Å². The molecular formula is C15H18O4Si. The lowest BCUT2D eigenvalue weighted by molar-refractivity contribution is 0.0555. The van der Waals surface area contributed by atoms with Gasteiger partial charge in [-0.15, -0.1) is 5.54 Å². The lowest BCUT2D eigenvalue weighted by atomic mass is 10.0. The van der Waals surface area contributed by atoms with E-state index in [2.05, 4.69) is 35.8 Å². The van der Waals surface area contributed by atoms with Crippen LogP contribution in [-0.2, 0) is 9.47 Å². The maximum absolute atomic E-state index is 11.9. The highest BCUT2D eigenvalue weighted by Crippen LogP contribution is 2.17. The van der Waals surface area contributed by atoms with Crippen molar-refractivity contribution in [3.8, 4) is 11.5 Å². The van der Waals surface area contributed by atoms with E-state index >= 15 is 0 Å². The molecule has 0 bridgehead atoms. The number of esters is 2. The number of benzene rings is 1. The van der Waals surface area contributed by atoms with Gasteiger partial charge in [-0.2, -0.15) is 0 Å². The van der Waals surface area contributed by atoms with Gasteiger partial charge in [0.25, 0.3) is 0 Å². The van der Waals surface area contributed by atoms with E-state index in [1.54, 1.807) is 12.1 Å². The lowest BCUT2D eigenvalue weighted by Gasteiger charge is -2.09. The van der Waals surface area contributed by atoms with E-state index < -0.39 is 20.0 Å². The van der Waals surface area contributed by atoms with Crippen molar-refractivity contribution in [3.63, 3.8) is 0 Å². The molecule has 1 aromatic carbocycles. The smallest absolute Gasteiger partial charge is 0.340 e.